The highest BCUT2D eigenvalue weighted by molar-refractivity contribution is 7.89. The molecule has 8 heteroatoms. The second kappa shape index (κ2) is 5.14. The van der Waals surface area contributed by atoms with Gasteiger partial charge >= 0.3 is 0 Å². The average molecular weight is 319 g/mol. The summed E-state index contributed by atoms with van der Waals surface area (Å²) in [5.74, 6) is 0.129. The predicted octanol–water partition coefficient (Wildman–Crippen LogP) is 1.03. The summed E-state index contributed by atoms with van der Waals surface area (Å²) in [7, 11) is -1.60. The molecular formula is C12H19ClN4O2S. The fourth-order valence-electron chi connectivity index (χ4n) is 2.12. The van der Waals surface area contributed by atoms with Crippen LogP contribution in [0, 0.1) is 0 Å². The zero-order valence-electron chi connectivity index (χ0n) is 11.8. The minimum atomic E-state index is -3.59. The molecule has 1 aliphatic heterocycles. The van der Waals surface area contributed by atoms with Gasteiger partial charge in [-0.05, 0) is 27.0 Å². The van der Waals surface area contributed by atoms with Gasteiger partial charge in [0.2, 0.25) is 10.0 Å². The number of sulfonamides is 1. The smallest absolute Gasteiger partial charge is 0.244 e. The molecule has 112 valence electrons. The zero-order valence-corrected chi connectivity index (χ0v) is 13.4. The van der Waals surface area contributed by atoms with Gasteiger partial charge in [0, 0.05) is 31.4 Å². The van der Waals surface area contributed by atoms with Gasteiger partial charge < -0.3 is 5.73 Å². The Morgan fingerprint density at radius 2 is 2.05 bits per heavy atom. The summed E-state index contributed by atoms with van der Waals surface area (Å²) in [4.78, 5) is 6.05. The number of halogens is 1. The number of aromatic nitrogens is 1. The summed E-state index contributed by atoms with van der Waals surface area (Å²) in [5.41, 5.74) is 5.30. The Hall–Kier alpha value is -0.890. The summed E-state index contributed by atoms with van der Waals surface area (Å²) < 4.78 is 26.7. The quantitative estimate of drug-likeness (QED) is 0.881. The van der Waals surface area contributed by atoms with E-state index >= 15 is 0 Å². The SMILES string of the molecule is CN1CCN(S(=O)(=O)c2cnc(N)c(Cl)c2)CC1(C)C. The van der Waals surface area contributed by atoms with E-state index in [9.17, 15) is 8.42 Å². The number of nitrogens with two attached hydrogens (primary N) is 1. The third-order valence-corrected chi connectivity index (χ3v) is 5.88. The minimum Gasteiger partial charge on any atom is -0.382 e. The maximum absolute atomic E-state index is 12.6. The molecule has 1 fully saturated rings. The summed E-state index contributed by atoms with van der Waals surface area (Å²) in [6, 6.07) is 1.35. The Morgan fingerprint density at radius 3 is 2.60 bits per heavy atom. The van der Waals surface area contributed by atoms with Crippen LogP contribution in [0.25, 0.3) is 0 Å². The first-order valence-corrected chi connectivity index (χ1v) is 8.09. The minimum absolute atomic E-state index is 0.0806. The van der Waals surface area contributed by atoms with Gasteiger partial charge in [-0.15, -0.1) is 0 Å². The molecule has 1 saturated heterocycles. The summed E-state index contributed by atoms with van der Waals surface area (Å²) >= 11 is 5.86. The first-order valence-electron chi connectivity index (χ1n) is 6.27. The third-order valence-electron chi connectivity index (χ3n) is 3.76. The van der Waals surface area contributed by atoms with Crippen LogP contribution in [0.4, 0.5) is 5.82 Å². The van der Waals surface area contributed by atoms with Crippen molar-refractivity contribution < 1.29 is 8.42 Å². The molecule has 0 unspecified atom stereocenters. The Morgan fingerprint density at radius 1 is 1.40 bits per heavy atom. The standard InChI is InChI=1S/C12H19ClN4O2S/c1-12(2)8-17(5-4-16(12)3)20(18,19)9-6-10(13)11(14)15-7-9/h6-7H,4-5,8H2,1-3H3,(H2,14,15). The number of nitrogen functional groups attached to an aromatic ring is 1. The van der Waals surface area contributed by atoms with Crippen LogP contribution in [-0.2, 0) is 10.0 Å². The molecule has 2 heterocycles. The van der Waals surface area contributed by atoms with E-state index in [0.717, 1.165) is 0 Å². The molecule has 0 aromatic carbocycles. The molecule has 0 amide bonds. The molecule has 0 saturated carbocycles. The predicted molar refractivity (Wildman–Crippen MR) is 79.1 cm³/mol. The molecule has 1 aliphatic rings. The molecule has 0 bridgehead atoms. The van der Waals surface area contributed by atoms with Crippen molar-refractivity contribution in [3.8, 4) is 0 Å². The number of nitrogens with zero attached hydrogens (tertiary/aromatic N) is 3. The lowest BCUT2D eigenvalue weighted by molar-refractivity contribution is 0.0801. The molecule has 6 nitrogen and oxygen atoms in total. The Labute approximate surface area is 124 Å². The first-order chi connectivity index (χ1) is 9.14. The van der Waals surface area contributed by atoms with Crippen LogP contribution >= 0.6 is 11.6 Å². The second-order valence-electron chi connectivity index (χ2n) is 5.61. The Bertz CT molecular complexity index is 618. The average Bonchev–Trinajstić information content (AvgIpc) is 2.35. The van der Waals surface area contributed by atoms with Crippen LogP contribution in [0.5, 0.6) is 0 Å². The third kappa shape index (κ3) is 2.76. The summed E-state index contributed by atoms with van der Waals surface area (Å²) in [5, 5.41) is 0.152. The van der Waals surface area contributed by atoms with Crippen molar-refractivity contribution in [1.29, 1.82) is 0 Å². The van der Waals surface area contributed by atoms with Crippen molar-refractivity contribution in [3.63, 3.8) is 0 Å². The fraction of sp³-hybridized carbons (Fsp3) is 0.583. The van der Waals surface area contributed by atoms with Crippen molar-refractivity contribution in [3.05, 3.63) is 17.3 Å². The van der Waals surface area contributed by atoms with Crippen LogP contribution in [0.15, 0.2) is 17.2 Å². The highest BCUT2D eigenvalue weighted by Crippen LogP contribution is 2.26. The zero-order chi connectivity index (χ0) is 15.1. The Balaban J connectivity index is 2.33. The van der Waals surface area contributed by atoms with Crippen LogP contribution in [0.3, 0.4) is 0 Å². The lowest BCUT2D eigenvalue weighted by atomic mass is 10.0. The van der Waals surface area contributed by atoms with E-state index in [2.05, 4.69) is 9.88 Å². The molecular weight excluding hydrogens is 300 g/mol. The van der Waals surface area contributed by atoms with Crippen molar-refractivity contribution in [2.75, 3.05) is 32.4 Å². The first kappa shape index (κ1) is 15.5. The van der Waals surface area contributed by atoms with E-state index in [1.807, 2.05) is 20.9 Å². The molecule has 0 atom stereocenters. The topological polar surface area (TPSA) is 79.5 Å². The lowest BCUT2D eigenvalue weighted by Gasteiger charge is -2.44. The number of rotatable bonds is 2. The van der Waals surface area contributed by atoms with Gasteiger partial charge in [-0.25, -0.2) is 13.4 Å². The normalized spacial score (nSPS) is 21.0. The molecule has 2 N–H and O–H groups in total. The van der Waals surface area contributed by atoms with E-state index in [1.165, 1.54) is 16.6 Å². The molecule has 20 heavy (non-hydrogen) atoms. The van der Waals surface area contributed by atoms with E-state index in [0.29, 0.717) is 19.6 Å². The fourth-order valence-corrected chi connectivity index (χ4v) is 3.91. The second-order valence-corrected chi connectivity index (χ2v) is 7.96. The van der Waals surface area contributed by atoms with Gasteiger partial charge in [0.15, 0.2) is 0 Å². The van der Waals surface area contributed by atoms with Crippen LogP contribution in [0.1, 0.15) is 13.8 Å². The number of hydrogen-bond donors (Lipinski definition) is 1. The van der Waals surface area contributed by atoms with Crippen molar-refractivity contribution in [2.24, 2.45) is 0 Å². The highest BCUT2D eigenvalue weighted by atomic mass is 35.5. The van der Waals surface area contributed by atoms with E-state index in [-0.39, 0.29) is 21.3 Å². The number of hydrogen-bond acceptors (Lipinski definition) is 5. The molecule has 0 aliphatic carbocycles. The van der Waals surface area contributed by atoms with E-state index in [1.54, 1.807) is 0 Å². The number of likely N-dealkylation sites (N-methyl/N-ethyl adjacent to an activating group) is 1. The Kier molecular flexibility index (Phi) is 3.98. The van der Waals surface area contributed by atoms with Gasteiger partial charge in [0.25, 0.3) is 0 Å². The number of piperazine rings is 1. The van der Waals surface area contributed by atoms with Crippen LogP contribution in [-0.4, -0.2) is 54.8 Å². The highest BCUT2D eigenvalue weighted by Gasteiger charge is 2.37. The molecule has 0 spiro atoms. The van der Waals surface area contributed by atoms with Gasteiger partial charge in [0.05, 0.1) is 5.02 Å². The monoisotopic (exact) mass is 318 g/mol. The van der Waals surface area contributed by atoms with Crippen molar-refractivity contribution >= 4 is 27.4 Å². The lowest BCUT2D eigenvalue weighted by Crippen LogP contribution is -2.58. The van der Waals surface area contributed by atoms with Gasteiger partial charge in [-0.1, -0.05) is 11.6 Å². The largest absolute Gasteiger partial charge is 0.382 e. The summed E-state index contributed by atoms with van der Waals surface area (Å²) in [6.45, 7) is 5.59. The molecule has 1 aromatic heterocycles. The van der Waals surface area contributed by atoms with Gasteiger partial charge in [-0.3, -0.25) is 4.90 Å². The number of pyridine rings is 1. The van der Waals surface area contributed by atoms with Gasteiger partial charge in [0.1, 0.15) is 10.7 Å². The molecule has 1 aromatic rings. The van der Waals surface area contributed by atoms with E-state index in [4.69, 9.17) is 17.3 Å². The molecule has 0 radical (unpaired) electrons. The van der Waals surface area contributed by atoms with Crippen LogP contribution < -0.4 is 5.73 Å². The van der Waals surface area contributed by atoms with Crippen molar-refractivity contribution in [1.82, 2.24) is 14.2 Å². The summed E-state index contributed by atoms with van der Waals surface area (Å²) in [6.07, 6.45) is 1.25. The van der Waals surface area contributed by atoms with E-state index < -0.39 is 10.0 Å². The van der Waals surface area contributed by atoms with Crippen LogP contribution in [0.2, 0.25) is 5.02 Å². The number of anilines is 1. The molecule has 2 rings (SSSR count). The maximum atomic E-state index is 12.6. The van der Waals surface area contributed by atoms with Gasteiger partial charge in [-0.2, -0.15) is 4.31 Å². The maximum Gasteiger partial charge on any atom is 0.244 e. The van der Waals surface area contributed by atoms with Crippen molar-refractivity contribution in [2.45, 2.75) is 24.3 Å².